The number of pyridine rings is 1. The number of fused-ring (bicyclic) bond motifs is 1. The lowest BCUT2D eigenvalue weighted by atomic mass is 10.0. The molecule has 0 aliphatic rings. The maximum absolute atomic E-state index is 12.3. The molecule has 0 radical (unpaired) electrons. The number of rotatable bonds is 7. The van der Waals surface area contributed by atoms with Crippen molar-refractivity contribution in [1.29, 1.82) is 0 Å². The van der Waals surface area contributed by atoms with E-state index in [1.54, 1.807) is 6.07 Å². The predicted octanol–water partition coefficient (Wildman–Crippen LogP) is 3.78. The van der Waals surface area contributed by atoms with Gasteiger partial charge >= 0.3 is 0 Å². The summed E-state index contributed by atoms with van der Waals surface area (Å²) in [6.07, 6.45) is 0.749. The standard InChI is InChI=1S/C24H26N2O3/c1-15-4-6-18-14-20(24(29)26-21(18)12-15)10-11-25-23(28)9-8-22(27)19-7-5-16(2)17(3)13-19/h4-7,12-14H,8-11H2,1-3H3,(H,25,28)(H,26,29). The molecule has 150 valence electrons. The minimum absolute atomic E-state index is 0.0375. The van der Waals surface area contributed by atoms with Crippen LogP contribution in [0.4, 0.5) is 0 Å². The lowest BCUT2D eigenvalue weighted by Crippen LogP contribution is -2.27. The number of aromatic nitrogens is 1. The molecule has 0 bridgehead atoms. The van der Waals surface area contributed by atoms with E-state index in [1.807, 2.05) is 57.2 Å². The van der Waals surface area contributed by atoms with Crippen LogP contribution in [0.2, 0.25) is 0 Å². The summed E-state index contributed by atoms with van der Waals surface area (Å²) < 4.78 is 0. The van der Waals surface area contributed by atoms with Crippen molar-refractivity contribution in [2.24, 2.45) is 0 Å². The van der Waals surface area contributed by atoms with Gasteiger partial charge in [-0.25, -0.2) is 0 Å². The van der Waals surface area contributed by atoms with Gasteiger partial charge < -0.3 is 10.3 Å². The number of H-pyrrole nitrogens is 1. The lowest BCUT2D eigenvalue weighted by Gasteiger charge is -2.07. The molecule has 2 aromatic carbocycles. The highest BCUT2D eigenvalue weighted by Gasteiger charge is 2.10. The highest BCUT2D eigenvalue weighted by molar-refractivity contribution is 5.98. The number of Topliss-reactive ketones (excluding diaryl/α,β-unsaturated/α-hetero) is 1. The number of hydrogen-bond acceptors (Lipinski definition) is 3. The zero-order valence-corrected chi connectivity index (χ0v) is 17.1. The maximum atomic E-state index is 12.3. The van der Waals surface area contributed by atoms with Gasteiger partial charge in [0.2, 0.25) is 5.91 Å². The Hall–Kier alpha value is -3.21. The largest absolute Gasteiger partial charge is 0.356 e. The summed E-state index contributed by atoms with van der Waals surface area (Å²) in [4.78, 5) is 39.5. The average Bonchev–Trinajstić information content (AvgIpc) is 2.68. The minimum atomic E-state index is -0.185. The fourth-order valence-electron chi connectivity index (χ4n) is 3.26. The molecular formula is C24H26N2O3. The van der Waals surface area contributed by atoms with Gasteiger partial charge in [0, 0.05) is 36.0 Å². The summed E-state index contributed by atoms with van der Waals surface area (Å²) in [5, 5.41) is 3.77. The van der Waals surface area contributed by atoms with E-state index < -0.39 is 0 Å². The van der Waals surface area contributed by atoms with Crippen molar-refractivity contribution in [1.82, 2.24) is 10.3 Å². The first kappa shape index (κ1) is 20.5. The quantitative estimate of drug-likeness (QED) is 0.603. The second-order valence-corrected chi connectivity index (χ2v) is 7.54. The number of aryl methyl sites for hydroxylation is 3. The van der Waals surface area contributed by atoms with Crippen molar-refractivity contribution >= 4 is 22.6 Å². The van der Waals surface area contributed by atoms with Crippen LogP contribution in [0.3, 0.4) is 0 Å². The van der Waals surface area contributed by atoms with Gasteiger partial charge in [-0.05, 0) is 67.5 Å². The van der Waals surface area contributed by atoms with E-state index in [4.69, 9.17) is 0 Å². The van der Waals surface area contributed by atoms with Crippen molar-refractivity contribution < 1.29 is 9.59 Å². The molecule has 2 N–H and O–H groups in total. The van der Waals surface area contributed by atoms with Crippen LogP contribution < -0.4 is 10.9 Å². The third-order valence-corrected chi connectivity index (χ3v) is 5.20. The molecule has 0 aliphatic heterocycles. The fourth-order valence-corrected chi connectivity index (χ4v) is 3.26. The second-order valence-electron chi connectivity index (χ2n) is 7.54. The Balaban J connectivity index is 1.51. The highest BCUT2D eigenvalue weighted by atomic mass is 16.2. The Morgan fingerprint density at radius 3 is 2.48 bits per heavy atom. The van der Waals surface area contributed by atoms with E-state index in [0.29, 0.717) is 24.1 Å². The van der Waals surface area contributed by atoms with Crippen LogP contribution in [0.1, 0.15) is 45.5 Å². The molecular weight excluding hydrogens is 364 g/mol. The number of ketones is 1. The Morgan fingerprint density at radius 1 is 0.931 bits per heavy atom. The van der Waals surface area contributed by atoms with Gasteiger partial charge in [0.05, 0.1) is 0 Å². The lowest BCUT2D eigenvalue weighted by molar-refractivity contribution is -0.121. The van der Waals surface area contributed by atoms with Crippen molar-refractivity contribution in [2.75, 3.05) is 6.54 Å². The summed E-state index contributed by atoms with van der Waals surface area (Å²) in [6.45, 7) is 6.30. The molecule has 29 heavy (non-hydrogen) atoms. The Morgan fingerprint density at radius 2 is 1.72 bits per heavy atom. The van der Waals surface area contributed by atoms with Gasteiger partial charge in [-0.2, -0.15) is 0 Å². The first-order valence-corrected chi connectivity index (χ1v) is 9.83. The van der Waals surface area contributed by atoms with E-state index in [0.717, 1.165) is 27.6 Å². The summed E-state index contributed by atoms with van der Waals surface area (Å²) in [5.41, 5.74) is 5.24. The van der Waals surface area contributed by atoms with Crippen LogP contribution in [0.15, 0.2) is 47.3 Å². The van der Waals surface area contributed by atoms with Crippen LogP contribution in [0.25, 0.3) is 10.9 Å². The molecule has 0 spiro atoms. The van der Waals surface area contributed by atoms with Crippen molar-refractivity contribution in [3.8, 4) is 0 Å². The normalized spacial score (nSPS) is 10.9. The molecule has 3 aromatic rings. The summed E-state index contributed by atoms with van der Waals surface area (Å²) in [5.74, 6) is -0.223. The van der Waals surface area contributed by atoms with E-state index in [2.05, 4.69) is 10.3 Å². The second kappa shape index (κ2) is 8.86. The Bertz CT molecular complexity index is 1130. The number of carbonyl (C=O) groups is 2. The monoisotopic (exact) mass is 390 g/mol. The van der Waals surface area contributed by atoms with Crippen molar-refractivity contribution in [2.45, 2.75) is 40.0 Å². The van der Waals surface area contributed by atoms with Gasteiger partial charge in [0.1, 0.15) is 0 Å². The molecule has 0 saturated heterocycles. The molecule has 3 rings (SSSR count). The molecule has 0 atom stereocenters. The number of nitrogens with one attached hydrogen (secondary N) is 2. The molecule has 0 unspecified atom stereocenters. The van der Waals surface area contributed by atoms with Crippen molar-refractivity contribution in [3.63, 3.8) is 0 Å². The number of hydrogen-bond donors (Lipinski definition) is 2. The van der Waals surface area contributed by atoms with Gasteiger partial charge in [0.15, 0.2) is 5.78 Å². The molecule has 5 nitrogen and oxygen atoms in total. The SMILES string of the molecule is Cc1ccc2cc(CCNC(=O)CCC(=O)c3ccc(C)c(C)c3)c(=O)[nH]c2c1. The van der Waals surface area contributed by atoms with Gasteiger partial charge in [-0.3, -0.25) is 14.4 Å². The number of aromatic amines is 1. The van der Waals surface area contributed by atoms with Crippen LogP contribution in [-0.2, 0) is 11.2 Å². The molecule has 1 aromatic heterocycles. The zero-order chi connectivity index (χ0) is 21.0. The summed E-state index contributed by atoms with van der Waals surface area (Å²) in [6, 6.07) is 13.4. The molecule has 0 aliphatic carbocycles. The first-order valence-electron chi connectivity index (χ1n) is 9.83. The van der Waals surface area contributed by atoms with Crippen LogP contribution in [-0.4, -0.2) is 23.2 Å². The van der Waals surface area contributed by atoms with E-state index >= 15 is 0 Å². The molecule has 0 fully saturated rings. The van der Waals surface area contributed by atoms with E-state index in [9.17, 15) is 14.4 Å². The average molecular weight is 390 g/mol. The van der Waals surface area contributed by atoms with Crippen LogP contribution in [0.5, 0.6) is 0 Å². The minimum Gasteiger partial charge on any atom is -0.356 e. The van der Waals surface area contributed by atoms with Gasteiger partial charge in [-0.15, -0.1) is 0 Å². The number of carbonyl (C=O) groups excluding carboxylic acids is 2. The zero-order valence-electron chi connectivity index (χ0n) is 17.1. The topological polar surface area (TPSA) is 79.0 Å². The smallest absolute Gasteiger partial charge is 0.251 e. The fraction of sp³-hybridized carbons (Fsp3) is 0.292. The summed E-state index contributed by atoms with van der Waals surface area (Å²) in [7, 11) is 0. The number of benzene rings is 2. The summed E-state index contributed by atoms with van der Waals surface area (Å²) >= 11 is 0. The Kier molecular flexibility index (Phi) is 6.27. The third-order valence-electron chi connectivity index (χ3n) is 5.20. The molecule has 0 saturated carbocycles. The van der Waals surface area contributed by atoms with E-state index in [1.165, 1.54) is 0 Å². The highest BCUT2D eigenvalue weighted by Crippen LogP contribution is 2.14. The van der Waals surface area contributed by atoms with Crippen LogP contribution in [0, 0.1) is 20.8 Å². The molecule has 1 heterocycles. The van der Waals surface area contributed by atoms with Gasteiger partial charge in [-0.1, -0.05) is 24.3 Å². The van der Waals surface area contributed by atoms with Gasteiger partial charge in [0.25, 0.3) is 5.56 Å². The van der Waals surface area contributed by atoms with E-state index in [-0.39, 0.29) is 30.1 Å². The third kappa shape index (κ3) is 5.19. The molecule has 1 amide bonds. The Labute approximate surface area is 170 Å². The maximum Gasteiger partial charge on any atom is 0.251 e. The van der Waals surface area contributed by atoms with Crippen molar-refractivity contribution in [3.05, 3.63) is 80.6 Å². The van der Waals surface area contributed by atoms with Crippen LogP contribution >= 0.6 is 0 Å². The predicted molar refractivity (Wildman–Crippen MR) is 115 cm³/mol. The number of amides is 1. The molecule has 5 heteroatoms. The first-order chi connectivity index (χ1) is 13.8.